The molecule has 0 spiro atoms. The summed E-state index contributed by atoms with van der Waals surface area (Å²) in [6.07, 6.45) is 0. The minimum Gasteiger partial charge on any atom is -0.497 e. The fraction of sp³-hybridized carbons (Fsp3) is 0.0968. The molecule has 0 unspecified atom stereocenters. The third kappa shape index (κ3) is 3.49. The van der Waals surface area contributed by atoms with E-state index in [4.69, 9.17) is 14.2 Å². The van der Waals surface area contributed by atoms with Gasteiger partial charge in [0.2, 0.25) is 0 Å². The van der Waals surface area contributed by atoms with Crippen LogP contribution in [0.1, 0.15) is 0 Å². The molecular formula is C31H25N3O3. The van der Waals surface area contributed by atoms with Gasteiger partial charge in [-0.2, -0.15) is 0 Å². The zero-order valence-corrected chi connectivity index (χ0v) is 20.8. The van der Waals surface area contributed by atoms with Crippen molar-refractivity contribution in [3.8, 4) is 45.5 Å². The topological polar surface area (TPSA) is 62.5 Å². The van der Waals surface area contributed by atoms with Crippen LogP contribution >= 0.6 is 0 Å². The number of hydrogen-bond acceptors (Lipinski definition) is 4. The molecule has 0 atom stereocenters. The molecule has 3 heterocycles. The van der Waals surface area contributed by atoms with Gasteiger partial charge in [-0.25, -0.2) is 0 Å². The number of anilines is 2. The number of aromatic nitrogens is 2. The Balaban J connectivity index is 1.25. The molecule has 6 nitrogen and oxygen atoms in total. The fourth-order valence-corrected chi connectivity index (χ4v) is 5.11. The summed E-state index contributed by atoms with van der Waals surface area (Å²) in [5.41, 5.74) is 8.32. The fourth-order valence-electron chi connectivity index (χ4n) is 5.11. The van der Waals surface area contributed by atoms with E-state index in [1.165, 1.54) is 0 Å². The van der Waals surface area contributed by atoms with E-state index in [0.717, 1.165) is 78.7 Å². The van der Waals surface area contributed by atoms with Gasteiger partial charge >= 0.3 is 0 Å². The van der Waals surface area contributed by atoms with Crippen LogP contribution in [0.4, 0.5) is 11.4 Å². The summed E-state index contributed by atoms with van der Waals surface area (Å²) in [6.45, 7) is 0. The Morgan fingerprint density at radius 2 is 1.08 bits per heavy atom. The Morgan fingerprint density at radius 3 is 1.54 bits per heavy atom. The van der Waals surface area contributed by atoms with Crippen LogP contribution in [-0.4, -0.2) is 31.2 Å². The van der Waals surface area contributed by atoms with Crippen LogP contribution in [0.5, 0.6) is 23.0 Å². The quantitative estimate of drug-likeness (QED) is 0.266. The second kappa shape index (κ2) is 8.10. The van der Waals surface area contributed by atoms with Crippen molar-refractivity contribution in [1.82, 2.24) is 9.97 Å². The van der Waals surface area contributed by atoms with E-state index in [1.807, 2.05) is 24.3 Å². The smallest absolute Gasteiger partial charge is 0.151 e. The standard InChI is InChI=1S/C31H25N3O3/c1-34-28-10-6-20(24-12-18-4-8-22(35-2)16-26(18)32-24)14-30(28)37-31-15-21(7-11-29(31)34)25-13-19-5-9-23(36-3)17-27(19)33-25/h4-17,32-33H,1-3H3. The minimum absolute atomic E-state index is 0.822. The summed E-state index contributed by atoms with van der Waals surface area (Å²) < 4.78 is 17.2. The second-order valence-electron chi connectivity index (χ2n) is 9.30. The number of benzene rings is 4. The Bertz CT molecular complexity index is 1680. The van der Waals surface area contributed by atoms with E-state index in [0.29, 0.717) is 0 Å². The molecule has 7 rings (SSSR count). The lowest BCUT2D eigenvalue weighted by Crippen LogP contribution is -2.15. The van der Waals surface area contributed by atoms with E-state index < -0.39 is 0 Å². The Labute approximate surface area is 214 Å². The monoisotopic (exact) mass is 487 g/mol. The van der Waals surface area contributed by atoms with Crippen LogP contribution in [0.15, 0.2) is 84.9 Å². The van der Waals surface area contributed by atoms with E-state index in [2.05, 4.69) is 82.6 Å². The van der Waals surface area contributed by atoms with Gasteiger partial charge < -0.3 is 29.1 Å². The highest BCUT2D eigenvalue weighted by Crippen LogP contribution is 2.48. The molecule has 6 heteroatoms. The van der Waals surface area contributed by atoms with Crippen LogP contribution in [0, 0.1) is 0 Å². The molecule has 2 aromatic heterocycles. The number of nitrogens with zero attached hydrogens (tertiary/aromatic N) is 1. The molecule has 0 aliphatic carbocycles. The van der Waals surface area contributed by atoms with E-state index in [9.17, 15) is 0 Å². The minimum atomic E-state index is 0.822. The molecule has 182 valence electrons. The van der Waals surface area contributed by atoms with Gasteiger partial charge in [0.1, 0.15) is 11.5 Å². The van der Waals surface area contributed by atoms with E-state index >= 15 is 0 Å². The number of nitrogens with one attached hydrogen (secondary N) is 2. The summed E-state index contributed by atoms with van der Waals surface area (Å²) in [7, 11) is 5.44. The second-order valence-corrected chi connectivity index (χ2v) is 9.30. The highest BCUT2D eigenvalue weighted by Gasteiger charge is 2.23. The molecule has 6 aromatic rings. The van der Waals surface area contributed by atoms with Crippen LogP contribution in [0.25, 0.3) is 44.3 Å². The highest BCUT2D eigenvalue weighted by molar-refractivity contribution is 5.90. The van der Waals surface area contributed by atoms with Crippen LogP contribution < -0.4 is 19.1 Å². The van der Waals surface area contributed by atoms with Crippen molar-refractivity contribution >= 4 is 33.2 Å². The van der Waals surface area contributed by atoms with Gasteiger partial charge in [0.15, 0.2) is 11.5 Å². The summed E-state index contributed by atoms with van der Waals surface area (Å²) in [5.74, 6) is 3.31. The van der Waals surface area contributed by atoms with Crippen LogP contribution in [0.3, 0.4) is 0 Å². The van der Waals surface area contributed by atoms with Crippen molar-refractivity contribution in [2.24, 2.45) is 0 Å². The van der Waals surface area contributed by atoms with Crippen molar-refractivity contribution in [3.63, 3.8) is 0 Å². The third-order valence-corrected chi connectivity index (χ3v) is 7.14. The number of fused-ring (bicyclic) bond motifs is 4. The Hall–Kier alpha value is -4.84. The summed E-state index contributed by atoms with van der Waals surface area (Å²) in [6, 6.07) is 29.1. The molecule has 0 radical (unpaired) electrons. The van der Waals surface area contributed by atoms with Gasteiger partial charge in [-0.1, -0.05) is 12.1 Å². The van der Waals surface area contributed by atoms with Crippen LogP contribution in [0.2, 0.25) is 0 Å². The SMILES string of the molecule is COc1ccc2cc(-c3ccc4c(c3)Oc3cc(-c5cc6ccc(OC)cc6[nH]5)ccc3N4C)[nH]c2c1. The number of ether oxygens (including phenoxy) is 3. The molecule has 2 N–H and O–H groups in total. The Morgan fingerprint density at radius 1 is 0.595 bits per heavy atom. The first-order chi connectivity index (χ1) is 18.1. The van der Waals surface area contributed by atoms with Gasteiger partial charge in [0.25, 0.3) is 0 Å². The number of aromatic amines is 2. The maximum absolute atomic E-state index is 6.48. The number of rotatable bonds is 4. The molecule has 4 aromatic carbocycles. The van der Waals surface area contributed by atoms with Crippen molar-refractivity contribution in [2.75, 3.05) is 26.2 Å². The molecule has 0 saturated heterocycles. The normalized spacial score (nSPS) is 12.4. The predicted octanol–water partition coefficient (Wildman–Crippen LogP) is 7.87. The van der Waals surface area contributed by atoms with E-state index in [-0.39, 0.29) is 0 Å². The lowest BCUT2D eigenvalue weighted by Gasteiger charge is -2.30. The summed E-state index contributed by atoms with van der Waals surface area (Å²) in [4.78, 5) is 9.20. The molecule has 1 aliphatic heterocycles. The Kier molecular flexibility index (Phi) is 4.69. The summed E-state index contributed by atoms with van der Waals surface area (Å²) >= 11 is 0. The molecule has 1 aliphatic rings. The van der Waals surface area contributed by atoms with Gasteiger partial charge in [-0.15, -0.1) is 0 Å². The average Bonchev–Trinajstić information content (AvgIpc) is 3.56. The maximum atomic E-state index is 6.48. The largest absolute Gasteiger partial charge is 0.497 e. The zero-order valence-electron chi connectivity index (χ0n) is 20.8. The molecule has 0 amide bonds. The number of H-pyrrole nitrogens is 2. The maximum Gasteiger partial charge on any atom is 0.151 e. The molecule has 37 heavy (non-hydrogen) atoms. The lowest BCUT2D eigenvalue weighted by molar-refractivity contribution is 0.415. The van der Waals surface area contributed by atoms with Gasteiger partial charge in [0.05, 0.1) is 25.6 Å². The average molecular weight is 488 g/mol. The molecule has 0 fully saturated rings. The number of hydrogen-bond donors (Lipinski definition) is 2. The van der Waals surface area contributed by atoms with Gasteiger partial charge in [-0.3, -0.25) is 0 Å². The van der Waals surface area contributed by atoms with Crippen molar-refractivity contribution < 1.29 is 14.2 Å². The van der Waals surface area contributed by atoms with Crippen molar-refractivity contribution in [1.29, 1.82) is 0 Å². The molecule has 0 saturated carbocycles. The van der Waals surface area contributed by atoms with Gasteiger partial charge in [0, 0.05) is 63.5 Å². The van der Waals surface area contributed by atoms with Crippen molar-refractivity contribution in [3.05, 3.63) is 84.9 Å². The predicted molar refractivity (Wildman–Crippen MR) is 149 cm³/mol. The highest BCUT2D eigenvalue weighted by atomic mass is 16.5. The third-order valence-electron chi connectivity index (χ3n) is 7.14. The summed E-state index contributed by atoms with van der Waals surface area (Å²) in [5, 5.41) is 2.27. The first-order valence-electron chi connectivity index (χ1n) is 12.1. The first-order valence-corrected chi connectivity index (χ1v) is 12.1. The molecule has 0 bridgehead atoms. The van der Waals surface area contributed by atoms with Crippen molar-refractivity contribution in [2.45, 2.75) is 0 Å². The number of methoxy groups -OCH3 is 2. The van der Waals surface area contributed by atoms with Gasteiger partial charge in [-0.05, 0) is 60.7 Å². The van der Waals surface area contributed by atoms with E-state index in [1.54, 1.807) is 14.2 Å². The zero-order chi connectivity index (χ0) is 25.1. The molecular weight excluding hydrogens is 462 g/mol. The lowest BCUT2D eigenvalue weighted by atomic mass is 10.1. The van der Waals surface area contributed by atoms with Crippen LogP contribution in [-0.2, 0) is 0 Å². The first kappa shape index (κ1) is 21.4.